The van der Waals surface area contributed by atoms with Gasteiger partial charge >= 0.3 is 5.69 Å². The fraction of sp³-hybridized carbons (Fsp3) is 0.235. The minimum atomic E-state index is -0.498. The third-order valence-corrected chi connectivity index (χ3v) is 4.58. The number of fused-ring (bicyclic) bond motifs is 1. The summed E-state index contributed by atoms with van der Waals surface area (Å²) in [6.45, 7) is 3.83. The van der Waals surface area contributed by atoms with Crippen molar-refractivity contribution in [3.05, 3.63) is 67.3 Å². The van der Waals surface area contributed by atoms with Gasteiger partial charge in [-0.05, 0) is 17.7 Å². The molecule has 0 aliphatic heterocycles. The van der Waals surface area contributed by atoms with Crippen LogP contribution in [0.5, 0.6) is 6.01 Å². The van der Waals surface area contributed by atoms with Crippen molar-refractivity contribution in [3.63, 3.8) is 0 Å². The largest absolute Gasteiger partial charge is 0.460 e. The maximum Gasteiger partial charge on any atom is 0.332 e. The monoisotopic (exact) mass is 394 g/mol. The zero-order chi connectivity index (χ0) is 19.0. The van der Waals surface area contributed by atoms with Gasteiger partial charge in [-0.3, -0.25) is 18.5 Å². The predicted molar refractivity (Wildman–Crippen MR) is 101 cm³/mol. The average molecular weight is 395 g/mol. The van der Waals surface area contributed by atoms with E-state index in [1.54, 1.807) is 38.4 Å². The van der Waals surface area contributed by atoms with Crippen LogP contribution in [0, 0.1) is 0 Å². The van der Waals surface area contributed by atoms with E-state index in [0.717, 1.165) is 4.57 Å². The molecule has 0 saturated carbocycles. The summed E-state index contributed by atoms with van der Waals surface area (Å²) in [6, 6.07) is 5.14. The first-order valence-electron chi connectivity index (χ1n) is 7.69. The zero-order valence-electron chi connectivity index (χ0n) is 14.2. The molecule has 0 spiro atoms. The highest BCUT2D eigenvalue weighted by Crippen LogP contribution is 2.21. The Hall–Kier alpha value is -2.51. The van der Waals surface area contributed by atoms with Gasteiger partial charge in [-0.25, -0.2) is 4.79 Å². The van der Waals surface area contributed by atoms with Gasteiger partial charge in [-0.15, -0.1) is 0 Å². The van der Waals surface area contributed by atoms with E-state index in [0.29, 0.717) is 15.6 Å². The van der Waals surface area contributed by atoms with Crippen molar-refractivity contribution in [2.24, 2.45) is 14.1 Å². The molecule has 2 heterocycles. The molecule has 9 heteroatoms. The van der Waals surface area contributed by atoms with Gasteiger partial charge < -0.3 is 4.74 Å². The Morgan fingerprint density at radius 1 is 1.23 bits per heavy atom. The second-order valence-electron chi connectivity index (χ2n) is 5.69. The maximum absolute atomic E-state index is 12.9. The molecule has 0 amide bonds. The molecule has 0 N–H and O–H groups in total. The van der Waals surface area contributed by atoms with Crippen LogP contribution >= 0.6 is 23.2 Å². The highest BCUT2D eigenvalue weighted by Gasteiger charge is 2.19. The van der Waals surface area contributed by atoms with Crippen LogP contribution in [0.2, 0.25) is 10.0 Å². The normalized spacial score (nSPS) is 11.1. The number of ether oxygens (including phenoxy) is 1. The van der Waals surface area contributed by atoms with E-state index >= 15 is 0 Å². The third-order valence-electron chi connectivity index (χ3n) is 3.99. The molecule has 0 fully saturated rings. The number of aromatic nitrogens is 4. The van der Waals surface area contributed by atoms with Crippen molar-refractivity contribution in [1.29, 1.82) is 0 Å². The molecule has 0 saturated heterocycles. The lowest BCUT2D eigenvalue weighted by atomic mass is 10.2. The van der Waals surface area contributed by atoms with Crippen molar-refractivity contribution in [3.8, 4) is 6.01 Å². The standard InChI is InChI=1S/C17H16Cl2N4O3/c1-4-7-26-16-20-14-13(21(16)2)15(24)23(17(25)22(14)3)9-10-5-6-11(18)8-12(10)19/h4-6,8H,1,7,9H2,2-3H3. The van der Waals surface area contributed by atoms with Gasteiger partial charge in [0, 0.05) is 24.1 Å². The maximum atomic E-state index is 12.9. The molecule has 136 valence electrons. The summed E-state index contributed by atoms with van der Waals surface area (Å²) >= 11 is 12.1. The zero-order valence-corrected chi connectivity index (χ0v) is 15.7. The summed E-state index contributed by atoms with van der Waals surface area (Å²) in [4.78, 5) is 29.9. The quantitative estimate of drug-likeness (QED) is 0.622. The van der Waals surface area contributed by atoms with Crippen LogP contribution in [0.3, 0.4) is 0 Å². The summed E-state index contributed by atoms with van der Waals surface area (Å²) < 4.78 is 9.37. The number of hydrogen-bond donors (Lipinski definition) is 0. The Morgan fingerprint density at radius 3 is 2.62 bits per heavy atom. The molecule has 0 radical (unpaired) electrons. The van der Waals surface area contributed by atoms with E-state index in [4.69, 9.17) is 27.9 Å². The molecule has 7 nitrogen and oxygen atoms in total. The van der Waals surface area contributed by atoms with E-state index in [1.165, 1.54) is 9.13 Å². The lowest BCUT2D eigenvalue weighted by molar-refractivity contribution is 0.324. The van der Waals surface area contributed by atoms with Gasteiger partial charge in [0.2, 0.25) is 0 Å². The van der Waals surface area contributed by atoms with Crippen molar-refractivity contribution >= 4 is 34.4 Å². The molecule has 3 aromatic rings. The molecule has 0 aliphatic rings. The Morgan fingerprint density at radius 2 is 1.96 bits per heavy atom. The lowest BCUT2D eigenvalue weighted by Gasteiger charge is -2.10. The van der Waals surface area contributed by atoms with Gasteiger partial charge in [-0.1, -0.05) is 41.9 Å². The van der Waals surface area contributed by atoms with Crippen molar-refractivity contribution < 1.29 is 4.74 Å². The summed E-state index contributed by atoms with van der Waals surface area (Å²) in [5.41, 5.74) is 0.149. The van der Waals surface area contributed by atoms with E-state index in [-0.39, 0.29) is 30.3 Å². The van der Waals surface area contributed by atoms with Crippen LogP contribution in [-0.4, -0.2) is 25.3 Å². The van der Waals surface area contributed by atoms with Crippen LogP contribution in [-0.2, 0) is 20.6 Å². The second kappa shape index (κ2) is 7.01. The van der Waals surface area contributed by atoms with Gasteiger partial charge in [0.05, 0.1) is 6.54 Å². The number of benzene rings is 1. The summed E-state index contributed by atoms with van der Waals surface area (Å²) in [7, 11) is 3.20. The molecular formula is C17H16Cl2N4O3. The lowest BCUT2D eigenvalue weighted by Crippen LogP contribution is -2.39. The smallest absolute Gasteiger partial charge is 0.332 e. The highest BCUT2D eigenvalue weighted by molar-refractivity contribution is 6.35. The molecule has 26 heavy (non-hydrogen) atoms. The minimum Gasteiger partial charge on any atom is -0.460 e. The Kier molecular flexibility index (Phi) is 4.93. The molecule has 2 aromatic heterocycles. The molecule has 0 aliphatic carbocycles. The van der Waals surface area contributed by atoms with Crippen LogP contribution in [0.25, 0.3) is 11.2 Å². The fourth-order valence-electron chi connectivity index (χ4n) is 2.65. The van der Waals surface area contributed by atoms with Gasteiger partial charge in [0.1, 0.15) is 6.61 Å². The van der Waals surface area contributed by atoms with E-state index in [9.17, 15) is 9.59 Å². The van der Waals surface area contributed by atoms with Crippen LogP contribution in [0.15, 0.2) is 40.4 Å². The topological polar surface area (TPSA) is 71.1 Å². The first-order valence-corrected chi connectivity index (χ1v) is 8.44. The van der Waals surface area contributed by atoms with Crippen LogP contribution < -0.4 is 16.0 Å². The van der Waals surface area contributed by atoms with Crippen molar-refractivity contribution in [2.75, 3.05) is 6.61 Å². The molecule has 0 bridgehead atoms. The first-order chi connectivity index (χ1) is 12.3. The number of halogens is 2. The highest BCUT2D eigenvalue weighted by atomic mass is 35.5. The molecule has 1 aromatic carbocycles. The SMILES string of the molecule is C=CCOc1nc2c(c(=O)n(Cc3ccc(Cl)cc3Cl)c(=O)n2C)n1C. The number of imidazole rings is 1. The van der Waals surface area contributed by atoms with Gasteiger partial charge in [0.15, 0.2) is 11.2 Å². The Balaban J connectivity index is 2.20. The summed E-state index contributed by atoms with van der Waals surface area (Å²) in [5.74, 6) is 0. The van der Waals surface area contributed by atoms with Crippen molar-refractivity contribution in [1.82, 2.24) is 18.7 Å². The minimum absolute atomic E-state index is 0.0193. The van der Waals surface area contributed by atoms with Crippen LogP contribution in [0.4, 0.5) is 0 Å². The van der Waals surface area contributed by atoms with Crippen molar-refractivity contribution in [2.45, 2.75) is 6.54 Å². The number of hydrogen-bond acceptors (Lipinski definition) is 4. The average Bonchev–Trinajstić information content (AvgIpc) is 2.93. The van der Waals surface area contributed by atoms with E-state index < -0.39 is 11.2 Å². The van der Waals surface area contributed by atoms with Gasteiger partial charge in [-0.2, -0.15) is 4.98 Å². The molecule has 0 atom stereocenters. The van der Waals surface area contributed by atoms with Crippen LogP contribution in [0.1, 0.15) is 5.56 Å². The summed E-state index contributed by atoms with van der Waals surface area (Å²) in [5, 5.41) is 0.858. The Labute approximate surface area is 158 Å². The number of aryl methyl sites for hydroxylation is 2. The molecule has 0 unspecified atom stereocenters. The second-order valence-corrected chi connectivity index (χ2v) is 6.54. The predicted octanol–water partition coefficient (Wildman–Crippen LogP) is 2.35. The third kappa shape index (κ3) is 3.04. The molecule has 3 rings (SSSR count). The number of nitrogens with zero attached hydrogens (tertiary/aromatic N) is 4. The summed E-state index contributed by atoms with van der Waals surface area (Å²) in [6.07, 6.45) is 1.57. The van der Waals surface area contributed by atoms with E-state index in [1.807, 2.05) is 0 Å². The molecular weight excluding hydrogens is 379 g/mol. The van der Waals surface area contributed by atoms with E-state index in [2.05, 4.69) is 11.6 Å². The first kappa shape index (κ1) is 18.3. The van der Waals surface area contributed by atoms with Gasteiger partial charge in [0.25, 0.3) is 11.6 Å². The fourth-order valence-corrected chi connectivity index (χ4v) is 3.11. The Bertz CT molecular complexity index is 1130. The number of rotatable bonds is 5.